The van der Waals surface area contributed by atoms with Crippen LogP contribution in [0.2, 0.25) is 0 Å². The fourth-order valence-electron chi connectivity index (χ4n) is 1.70. The maximum atomic E-state index is 5.73. The Bertz CT molecular complexity index is 475. The van der Waals surface area contributed by atoms with Gasteiger partial charge in [-0.1, -0.05) is 13.3 Å². The van der Waals surface area contributed by atoms with Crippen LogP contribution in [0.15, 0.2) is 18.2 Å². The van der Waals surface area contributed by atoms with Gasteiger partial charge in [-0.15, -0.1) is 0 Å². The first-order chi connectivity index (χ1) is 7.70. The summed E-state index contributed by atoms with van der Waals surface area (Å²) in [6.07, 6.45) is 2.37. The van der Waals surface area contributed by atoms with Crippen molar-refractivity contribution in [1.82, 2.24) is 9.97 Å². The molecule has 0 fully saturated rings. The number of aromatic amines is 1. The SMILES string of the molecule is CCCCN(C)c1nc2ccc(N)cc2[nH]1. The second kappa shape index (κ2) is 4.43. The van der Waals surface area contributed by atoms with Crippen molar-refractivity contribution < 1.29 is 0 Å². The van der Waals surface area contributed by atoms with E-state index in [1.54, 1.807) is 0 Å². The Labute approximate surface area is 95.5 Å². The maximum Gasteiger partial charge on any atom is 0.203 e. The van der Waals surface area contributed by atoms with Crippen molar-refractivity contribution >= 4 is 22.7 Å². The molecule has 0 radical (unpaired) electrons. The number of rotatable bonds is 4. The summed E-state index contributed by atoms with van der Waals surface area (Å²) in [5.41, 5.74) is 8.45. The van der Waals surface area contributed by atoms with Gasteiger partial charge in [0.25, 0.3) is 0 Å². The Hall–Kier alpha value is -1.71. The maximum absolute atomic E-state index is 5.73. The van der Waals surface area contributed by atoms with E-state index in [-0.39, 0.29) is 0 Å². The summed E-state index contributed by atoms with van der Waals surface area (Å²) in [6, 6.07) is 5.73. The lowest BCUT2D eigenvalue weighted by molar-refractivity contribution is 0.755. The van der Waals surface area contributed by atoms with Gasteiger partial charge in [-0.3, -0.25) is 0 Å². The third-order valence-corrected chi connectivity index (χ3v) is 2.70. The molecule has 0 aliphatic carbocycles. The molecule has 1 heterocycles. The predicted molar refractivity (Wildman–Crippen MR) is 68.7 cm³/mol. The molecule has 0 unspecified atom stereocenters. The zero-order chi connectivity index (χ0) is 11.5. The number of nitrogens with one attached hydrogen (secondary N) is 1. The second-order valence-electron chi connectivity index (χ2n) is 4.11. The monoisotopic (exact) mass is 218 g/mol. The zero-order valence-corrected chi connectivity index (χ0v) is 9.83. The van der Waals surface area contributed by atoms with Gasteiger partial charge in [-0.25, -0.2) is 4.98 Å². The largest absolute Gasteiger partial charge is 0.399 e. The van der Waals surface area contributed by atoms with E-state index in [0.29, 0.717) is 0 Å². The van der Waals surface area contributed by atoms with Crippen molar-refractivity contribution in [2.45, 2.75) is 19.8 Å². The lowest BCUT2D eigenvalue weighted by atomic mass is 10.3. The highest BCUT2D eigenvalue weighted by molar-refractivity contribution is 5.80. The van der Waals surface area contributed by atoms with Crippen LogP contribution >= 0.6 is 0 Å². The lowest BCUT2D eigenvalue weighted by Gasteiger charge is -2.14. The number of benzene rings is 1. The summed E-state index contributed by atoms with van der Waals surface area (Å²) < 4.78 is 0. The summed E-state index contributed by atoms with van der Waals surface area (Å²) in [7, 11) is 2.05. The number of imidazole rings is 1. The Kier molecular flexibility index (Phi) is 2.99. The number of H-pyrrole nitrogens is 1. The average molecular weight is 218 g/mol. The topological polar surface area (TPSA) is 57.9 Å². The normalized spacial score (nSPS) is 10.9. The fourth-order valence-corrected chi connectivity index (χ4v) is 1.70. The van der Waals surface area contributed by atoms with Crippen LogP contribution in [0.5, 0.6) is 0 Å². The van der Waals surface area contributed by atoms with Crippen LogP contribution in [-0.4, -0.2) is 23.6 Å². The van der Waals surface area contributed by atoms with Gasteiger partial charge in [0.1, 0.15) is 0 Å². The number of nitrogen functional groups attached to an aromatic ring is 1. The van der Waals surface area contributed by atoms with Crippen LogP contribution in [0.4, 0.5) is 11.6 Å². The fraction of sp³-hybridized carbons (Fsp3) is 0.417. The van der Waals surface area contributed by atoms with Crippen LogP contribution in [0.1, 0.15) is 19.8 Å². The molecule has 86 valence electrons. The van der Waals surface area contributed by atoms with Gasteiger partial charge in [-0.05, 0) is 24.6 Å². The molecular weight excluding hydrogens is 200 g/mol. The molecule has 0 spiro atoms. The Morgan fingerprint density at radius 1 is 1.44 bits per heavy atom. The molecule has 4 nitrogen and oxygen atoms in total. The Morgan fingerprint density at radius 2 is 2.25 bits per heavy atom. The third kappa shape index (κ3) is 2.10. The van der Waals surface area contributed by atoms with Crippen molar-refractivity contribution in [2.75, 3.05) is 24.2 Å². The van der Waals surface area contributed by atoms with E-state index in [1.165, 1.54) is 12.8 Å². The quantitative estimate of drug-likeness (QED) is 0.775. The molecule has 4 heteroatoms. The van der Waals surface area contributed by atoms with Crippen LogP contribution in [-0.2, 0) is 0 Å². The number of hydrogen-bond acceptors (Lipinski definition) is 3. The third-order valence-electron chi connectivity index (χ3n) is 2.70. The lowest BCUT2D eigenvalue weighted by Crippen LogP contribution is -2.19. The Balaban J connectivity index is 2.25. The van der Waals surface area contributed by atoms with Crippen molar-refractivity contribution in [3.63, 3.8) is 0 Å². The Morgan fingerprint density at radius 3 is 3.00 bits per heavy atom. The summed E-state index contributed by atoms with van der Waals surface area (Å²) >= 11 is 0. The average Bonchev–Trinajstić information content (AvgIpc) is 2.68. The highest BCUT2D eigenvalue weighted by Crippen LogP contribution is 2.19. The van der Waals surface area contributed by atoms with Crippen LogP contribution in [0, 0.1) is 0 Å². The first kappa shape index (κ1) is 10.8. The van der Waals surface area contributed by atoms with Crippen molar-refractivity contribution in [2.24, 2.45) is 0 Å². The molecule has 2 rings (SSSR count). The van der Waals surface area contributed by atoms with Gasteiger partial charge in [0.2, 0.25) is 5.95 Å². The minimum Gasteiger partial charge on any atom is -0.399 e. The highest BCUT2D eigenvalue weighted by Gasteiger charge is 2.06. The van der Waals surface area contributed by atoms with Crippen LogP contribution in [0.3, 0.4) is 0 Å². The first-order valence-corrected chi connectivity index (χ1v) is 5.67. The minimum absolute atomic E-state index is 0.763. The first-order valence-electron chi connectivity index (χ1n) is 5.67. The van der Waals surface area contributed by atoms with Crippen LogP contribution < -0.4 is 10.6 Å². The van der Waals surface area contributed by atoms with Crippen molar-refractivity contribution in [3.05, 3.63) is 18.2 Å². The van der Waals surface area contributed by atoms with Crippen molar-refractivity contribution in [3.8, 4) is 0 Å². The zero-order valence-electron chi connectivity index (χ0n) is 9.83. The number of aromatic nitrogens is 2. The molecule has 0 amide bonds. The number of nitrogens with two attached hydrogens (primary N) is 1. The molecule has 1 aromatic heterocycles. The van der Waals surface area contributed by atoms with E-state index in [4.69, 9.17) is 5.73 Å². The van der Waals surface area contributed by atoms with E-state index in [9.17, 15) is 0 Å². The van der Waals surface area contributed by atoms with E-state index in [0.717, 1.165) is 29.2 Å². The molecule has 0 saturated carbocycles. The van der Waals surface area contributed by atoms with Gasteiger partial charge in [-0.2, -0.15) is 0 Å². The number of nitrogens with zero attached hydrogens (tertiary/aromatic N) is 2. The smallest absolute Gasteiger partial charge is 0.203 e. The number of anilines is 2. The van der Waals surface area contributed by atoms with E-state index in [2.05, 4.69) is 28.8 Å². The molecule has 1 aromatic carbocycles. The standard InChI is InChI=1S/C12H18N4/c1-3-4-7-16(2)12-14-10-6-5-9(13)8-11(10)15-12/h5-6,8H,3-4,7,13H2,1-2H3,(H,14,15). The highest BCUT2D eigenvalue weighted by atomic mass is 15.2. The van der Waals surface area contributed by atoms with E-state index in [1.807, 2.05) is 18.2 Å². The van der Waals surface area contributed by atoms with Crippen LogP contribution in [0.25, 0.3) is 11.0 Å². The number of unbranched alkanes of at least 4 members (excludes halogenated alkanes) is 1. The molecule has 16 heavy (non-hydrogen) atoms. The molecule has 2 aromatic rings. The van der Waals surface area contributed by atoms with Gasteiger partial charge in [0.05, 0.1) is 11.0 Å². The molecule has 0 atom stereocenters. The second-order valence-corrected chi connectivity index (χ2v) is 4.11. The molecule has 3 N–H and O–H groups in total. The summed E-state index contributed by atoms with van der Waals surface area (Å²) in [6.45, 7) is 3.21. The van der Waals surface area contributed by atoms with E-state index >= 15 is 0 Å². The minimum atomic E-state index is 0.763. The van der Waals surface area contributed by atoms with Gasteiger partial charge in [0.15, 0.2) is 0 Å². The van der Waals surface area contributed by atoms with E-state index < -0.39 is 0 Å². The van der Waals surface area contributed by atoms with Crippen molar-refractivity contribution in [1.29, 1.82) is 0 Å². The summed E-state index contributed by atoms with van der Waals surface area (Å²) in [4.78, 5) is 9.94. The van der Waals surface area contributed by atoms with Gasteiger partial charge < -0.3 is 15.6 Å². The number of fused-ring (bicyclic) bond motifs is 1. The molecule has 0 bridgehead atoms. The summed E-state index contributed by atoms with van der Waals surface area (Å²) in [5, 5.41) is 0. The number of hydrogen-bond donors (Lipinski definition) is 2. The molecule has 0 aliphatic rings. The molecular formula is C12H18N4. The molecule has 0 saturated heterocycles. The van der Waals surface area contributed by atoms with Gasteiger partial charge >= 0.3 is 0 Å². The predicted octanol–water partition coefficient (Wildman–Crippen LogP) is 2.38. The summed E-state index contributed by atoms with van der Waals surface area (Å²) in [5.74, 6) is 0.911. The van der Waals surface area contributed by atoms with Gasteiger partial charge in [0, 0.05) is 19.3 Å². The molecule has 0 aliphatic heterocycles.